The van der Waals surface area contributed by atoms with Crippen molar-refractivity contribution in [3.63, 3.8) is 0 Å². The summed E-state index contributed by atoms with van der Waals surface area (Å²) >= 11 is 0. The number of hydrogen-bond acceptors (Lipinski definition) is 6. The van der Waals surface area contributed by atoms with E-state index in [4.69, 9.17) is 15.8 Å². The minimum Gasteiger partial charge on any atom is -0.203 e. The zero-order chi connectivity index (χ0) is 37.2. The molecule has 0 aromatic heterocycles. The molecule has 0 spiro atoms. The molecule has 0 aliphatic heterocycles. The van der Waals surface area contributed by atoms with E-state index in [2.05, 4.69) is 0 Å². The Labute approximate surface area is 265 Å². The molecule has 0 aliphatic rings. The van der Waals surface area contributed by atoms with Gasteiger partial charge in [0.05, 0.1) is 39.5 Å². The van der Waals surface area contributed by atoms with Crippen LogP contribution in [0.2, 0.25) is 0 Å². The van der Waals surface area contributed by atoms with Gasteiger partial charge in [0.15, 0.2) is 69.8 Å². The van der Waals surface area contributed by atoms with Gasteiger partial charge in [-0.25, -0.2) is 52.7 Å². The fraction of sp³-hybridized carbons (Fsp3) is 0.0323. The number of benzene rings is 3. The molecule has 0 saturated carbocycles. The number of halogens is 12. The largest absolute Gasteiger partial charge is 0.203 e. The average molecular weight is 688 g/mol. The maximum Gasteiger partial charge on any atom is 0.180 e. The first-order valence-corrected chi connectivity index (χ1v) is 12.2. The fourth-order valence-electron chi connectivity index (χ4n) is 4.25. The van der Waals surface area contributed by atoms with Gasteiger partial charge in [-0.3, -0.25) is 0 Å². The van der Waals surface area contributed by atoms with Crippen molar-refractivity contribution in [2.45, 2.75) is 6.92 Å². The third-order valence-electron chi connectivity index (χ3n) is 6.58. The van der Waals surface area contributed by atoms with Crippen LogP contribution in [-0.4, -0.2) is 0 Å². The molecule has 242 valence electrons. The van der Waals surface area contributed by atoms with Gasteiger partial charge in [0.25, 0.3) is 0 Å². The molecule has 18 heteroatoms. The van der Waals surface area contributed by atoms with Gasteiger partial charge in [0, 0.05) is 0 Å². The first-order chi connectivity index (χ1) is 23.0. The van der Waals surface area contributed by atoms with Crippen molar-refractivity contribution in [2.75, 3.05) is 0 Å². The summed E-state index contributed by atoms with van der Waals surface area (Å²) in [5.74, 6) is -29.6. The van der Waals surface area contributed by atoms with E-state index in [0.29, 0.717) is 6.92 Å². The highest BCUT2D eigenvalue weighted by Crippen LogP contribution is 2.39. The van der Waals surface area contributed by atoms with E-state index in [-0.39, 0.29) is 6.08 Å². The van der Waals surface area contributed by atoms with E-state index < -0.39 is 131 Å². The van der Waals surface area contributed by atoms with Crippen LogP contribution >= 0.6 is 0 Å². The maximum atomic E-state index is 15.1. The van der Waals surface area contributed by atoms with Crippen LogP contribution in [0.5, 0.6) is 0 Å². The third kappa shape index (κ3) is 5.65. The zero-order valence-corrected chi connectivity index (χ0v) is 23.3. The highest BCUT2D eigenvalue weighted by atomic mass is 19.2. The van der Waals surface area contributed by atoms with Crippen molar-refractivity contribution < 1.29 is 52.7 Å². The molecule has 0 radical (unpaired) electrons. The minimum absolute atomic E-state index is 0.128. The van der Waals surface area contributed by atoms with Gasteiger partial charge >= 0.3 is 0 Å². The molecule has 3 rings (SSSR count). The molecule has 3 aromatic carbocycles. The van der Waals surface area contributed by atoms with Crippen LogP contribution in [0, 0.1) is 138 Å². The number of nitrogens with zero attached hydrogens (tertiary/aromatic N) is 6. The molecule has 0 fully saturated rings. The van der Waals surface area contributed by atoms with Gasteiger partial charge in [-0.05, 0) is 24.1 Å². The Morgan fingerprint density at radius 1 is 0.408 bits per heavy atom. The first kappa shape index (κ1) is 36.4. The molecule has 0 N–H and O–H groups in total. The predicted molar refractivity (Wildman–Crippen MR) is 137 cm³/mol. The Morgan fingerprint density at radius 3 is 0.959 bits per heavy atom. The molecular weight excluding hydrogens is 684 g/mol. The van der Waals surface area contributed by atoms with Crippen molar-refractivity contribution >= 4 is 16.7 Å². The van der Waals surface area contributed by atoms with Crippen LogP contribution in [0.3, 0.4) is 0 Å². The summed E-state index contributed by atoms with van der Waals surface area (Å²) < 4.78 is 177. The summed E-state index contributed by atoms with van der Waals surface area (Å²) in [5.41, 5.74) is -19.8. The summed E-state index contributed by atoms with van der Waals surface area (Å²) in [6, 6.07) is 5.25. The van der Waals surface area contributed by atoms with E-state index in [9.17, 15) is 50.9 Å². The van der Waals surface area contributed by atoms with Crippen molar-refractivity contribution in [3.8, 4) is 36.4 Å². The molecule has 0 aliphatic carbocycles. The second-order valence-electron chi connectivity index (χ2n) is 9.04. The lowest BCUT2D eigenvalue weighted by atomic mass is 9.87. The first-order valence-electron chi connectivity index (χ1n) is 12.2. The summed E-state index contributed by atoms with van der Waals surface area (Å²) in [4.78, 5) is 0. The smallest absolute Gasteiger partial charge is 0.180 e. The Balaban J connectivity index is 2.78. The van der Waals surface area contributed by atoms with E-state index in [0.717, 1.165) is 36.4 Å². The van der Waals surface area contributed by atoms with Gasteiger partial charge in [-0.1, -0.05) is 0 Å². The lowest BCUT2D eigenvalue weighted by molar-refractivity contribution is 0.446. The quantitative estimate of drug-likeness (QED) is 0.116. The van der Waals surface area contributed by atoms with Crippen molar-refractivity contribution in [1.29, 1.82) is 31.6 Å². The SMILES string of the molecule is CC(=C(C#N)c1c(F)c(F)c(C#N)c(F)c1F)C(/C=C(\C#N)c1c(F)c(F)c(C#N)c(F)c1F)=C(\C#N)c1c(F)c(F)c(C#N)c(F)c1F. The lowest BCUT2D eigenvalue weighted by Crippen LogP contribution is -2.10. The third-order valence-corrected chi connectivity index (χ3v) is 6.58. The Bertz CT molecular complexity index is 2300. The predicted octanol–water partition coefficient (Wildman–Crippen LogP) is 7.85. The van der Waals surface area contributed by atoms with Crippen molar-refractivity contribution in [2.24, 2.45) is 0 Å². The molecular formula is C31H4F12N6. The Morgan fingerprint density at radius 2 is 0.694 bits per heavy atom. The molecule has 49 heavy (non-hydrogen) atoms. The number of allylic oxidation sites excluding steroid dienone is 6. The molecule has 0 unspecified atom stereocenters. The summed E-state index contributed by atoms with van der Waals surface area (Å²) in [7, 11) is 0. The Kier molecular flexibility index (Phi) is 10.2. The average Bonchev–Trinajstić information content (AvgIpc) is 3.08. The fourth-order valence-corrected chi connectivity index (χ4v) is 4.25. The van der Waals surface area contributed by atoms with Crippen LogP contribution in [0.1, 0.15) is 40.3 Å². The molecule has 3 aromatic rings. The van der Waals surface area contributed by atoms with E-state index in [1.165, 1.54) is 0 Å². The van der Waals surface area contributed by atoms with Gasteiger partial charge in [-0.15, -0.1) is 0 Å². The zero-order valence-electron chi connectivity index (χ0n) is 23.3. The molecule has 0 atom stereocenters. The topological polar surface area (TPSA) is 143 Å². The molecule has 0 bridgehead atoms. The maximum absolute atomic E-state index is 15.1. The van der Waals surface area contributed by atoms with Gasteiger partial charge in [0.2, 0.25) is 0 Å². The van der Waals surface area contributed by atoms with Gasteiger partial charge in [0.1, 0.15) is 47.0 Å². The van der Waals surface area contributed by atoms with Crippen molar-refractivity contribution in [1.82, 2.24) is 0 Å². The monoisotopic (exact) mass is 688 g/mol. The van der Waals surface area contributed by atoms with Crippen LogP contribution in [0.4, 0.5) is 52.7 Å². The lowest BCUT2D eigenvalue weighted by Gasteiger charge is -2.16. The van der Waals surface area contributed by atoms with E-state index >= 15 is 17.6 Å². The second-order valence-corrected chi connectivity index (χ2v) is 9.04. The van der Waals surface area contributed by atoms with Crippen LogP contribution in [0.15, 0.2) is 17.2 Å². The standard InChI is InChI=1S/C31H4F12N6/c1-9(12(4-45)18-28(40)22(34)15(7-48)23(35)29(18)41)11(13(5-46)19-30(42)24(36)16(8-49)25(37)31(19)43)2-10(3-44)17-26(38)20(32)14(6-47)21(33)27(17)39/h2H,1H3/b10-2+,12-9?,13-11+. The van der Waals surface area contributed by atoms with E-state index in [1.807, 2.05) is 0 Å². The van der Waals surface area contributed by atoms with Crippen LogP contribution in [0.25, 0.3) is 16.7 Å². The second kappa shape index (κ2) is 13.8. The summed E-state index contributed by atoms with van der Waals surface area (Å²) in [6.07, 6.45) is -0.128. The van der Waals surface area contributed by atoms with Crippen LogP contribution in [-0.2, 0) is 0 Å². The number of rotatable bonds is 5. The molecule has 0 saturated heterocycles. The molecule has 0 amide bonds. The summed E-state index contributed by atoms with van der Waals surface area (Å²) in [5, 5.41) is 55.9. The van der Waals surface area contributed by atoms with Gasteiger partial charge in [-0.2, -0.15) is 31.6 Å². The Hall–Kier alpha value is -7.02. The summed E-state index contributed by atoms with van der Waals surface area (Å²) in [6.45, 7) is 0.447. The highest BCUT2D eigenvalue weighted by molar-refractivity contribution is 5.94. The highest BCUT2D eigenvalue weighted by Gasteiger charge is 2.33. The number of hydrogen-bond donors (Lipinski definition) is 0. The number of nitriles is 6. The van der Waals surface area contributed by atoms with Crippen LogP contribution < -0.4 is 0 Å². The van der Waals surface area contributed by atoms with E-state index in [1.54, 1.807) is 0 Å². The van der Waals surface area contributed by atoms with Gasteiger partial charge < -0.3 is 0 Å². The van der Waals surface area contributed by atoms with Crippen molar-refractivity contribution in [3.05, 3.63) is 120 Å². The molecule has 6 nitrogen and oxygen atoms in total. The molecule has 0 heterocycles. The normalized spacial score (nSPS) is 12.0. The minimum atomic E-state index is -2.55.